The lowest BCUT2D eigenvalue weighted by molar-refractivity contribution is 0.174. The predicted molar refractivity (Wildman–Crippen MR) is 88.9 cm³/mol. The number of hydrogen-bond acceptors (Lipinski definition) is 6. The summed E-state index contributed by atoms with van der Waals surface area (Å²) in [6.45, 7) is 0.656. The molecule has 0 saturated carbocycles. The first-order chi connectivity index (χ1) is 11.7. The van der Waals surface area contributed by atoms with Gasteiger partial charge in [-0.3, -0.25) is 0 Å². The van der Waals surface area contributed by atoms with Crippen LogP contribution in [0.15, 0.2) is 51.7 Å². The van der Waals surface area contributed by atoms with Crippen LogP contribution < -0.4 is 25.2 Å². The molecule has 6 heteroatoms. The van der Waals surface area contributed by atoms with E-state index in [-0.39, 0.29) is 6.79 Å². The largest absolute Gasteiger partial charge is 0.497 e. The summed E-state index contributed by atoms with van der Waals surface area (Å²) in [6, 6.07) is 12.6. The van der Waals surface area contributed by atoms with Crippen LogP contribution in [-0.2, 0) is 6.54 Å². The number of ether oxygens (including phenoxy) is 3. The number of methoxy groups -OCH3 is 1. The molecule has 2 heterocycles. The minimum atomic E-state index is -0.395. The Kier molecular flexibility index (Phi) is 3.49. The Morgan fingerprint density at radius 3 is 2.58 bits per heavy atom. The van der Waals surface area contributed by atoms with E-state index in [4.69, 9.17) is 18.6 Å². The number of rotatable bonds is 4. The van der Waals surface area contributed by atoms with E-state index in [1.165, 1.54) is 6.07 Å². The molecule has 0 atom stereocenters. The highest BCUT2D eigenvalue weighted by Gasteiger charge is 2.17. The van der Waals surface area contributed by atoms with Crippen LogP contribution in [0.1, 0.15) is 5.56 Å². The zero-order valence-corrected chi connectivity index (χ0v) is 13.0. The molecule has 0 saturated heterocycles. The van der Waals surface area contributed by atoms with Crippen LogP contribution in [0.3, 0.4) is 0 Å². The first-order valence-electron chi connectivity index (χ1n) is 7.47. The van der Waals surface area contributed by atoms with Gasteiger partial charge in [0.1, 0.15) is 11.3 Å². The Morgan fingerprint density at radius 2 is 1.83 bits per heavy atom. The topological polar surface area (TPSA) is 69.9 Å². The number of nitrogens with one attached hydrogen (secondary N) is 1. The minimum absolute atomic E-state index is 0.176. The molecule has 1 aliphatic rings. The van der Waals surface area contributed by atoms with Gasteiger partial charge >= 0.3 is 5.63 Å². The van der Waals surface area contributed by atoms with E-state index in [2.05, 4.69) is 5.32 Å². The van der Waals surface area contributed by atoms with Crippen molar-refractivity contribution < 1.29 is 18.6 Å². The average molecular weight is 325 g/mol. The summed E-state index contributed by atoms with van der Waals surface area (Å²) in [5.74, 6) is 2.03. The fraction of sp³-hybridized carbons (Fsp3) is 0.167. The lowest BCUT2D eigenvalue weighted by atomic mass is 10.1. The molecule has 4 rings (SSSR count). The molecule has 122 valence electrons. The van der Waals surface area contributed by atoms with E-state index in [9.17, 15) is 4.79 Å². The van der Waals surface area contributed by atoms with Crippen molar-refractivity contribution in [1.29, 1.82) is 0 Å². The van der Waals surface area contributed by atoms with Gasteiger partial charge in [-0.05, 0) is 35.9 Å². The van der Waals surface area contributed by atoms with Gasteiger partial charge in [0.15, 0.2) is 11.5 Å². The van der Waals surface area contributed by atoms with Gasteiger partial charge in [0.25, 0.3) is 0 Å². The molecule has 0 aliphatic carbocycles. The molecule has 6 nitrogen and oxygen atoms in total. The number of fused-ring (bicyclic) bond motifs is 2. The van der Waals surface area contributed by atoms with Gasteiger partial charge < -0.3 is 23.9 Å². The van der Waals surface area contributed by atoms with E-state index < -0.39 is 5.63 Å². The summed E-state index contributed by atoms with van der Waals surface area (Å²) in [5, 5.41) is 4.11. The minimum Gasteiger partial charge on any atom is -0.497 e. The van der Waals surface area contributed by atoms with Crippen LogP contribution in [0.2, 0.25) is 0 Å². The maximum Gasteiger partial charge on any atom is 0.336 e. The quantitative estimate of drug-likeness (QED) is 0.743. The van der Waals surface area contributed by atoms with Crippen molar-refractivity contribution in [3.8, 4) is 17.2 Å². The Hall–Kier alpha value is -3.15. The highest BCUT2D eigenvalue weighted by molar-refractivity contribution is 5.84. The molecular weight excluding hydrogens is 310 g/mol. The fourth-order valence-corrected chi connectivity index (χ4v) is 2.67. The van der Waals surface area contributed by atoms with Crippen molar-refractivity contribution in [2.24, 2.45) is 0 Å². The van der Waals surface area contributed by atoms with Crippen molar-refractivity contribution in [2.75, 3.05) is 19.2 Å². The van der Waals surface area contributed by atoms with Crippen LogP contribution >= 0.6 is 0 Å². The normalized spacial score (nSPS) is 12.4. The standard InChI is InChI=1S/C18H15NO5/c1-21-13-4-2-12(3-5-13)19-9-11-6-18(20)24-15-8-17-16(7-14(11)15)22-10-23-17/h2-8,19H,9-10H2,1H3. The van der Waals surface area contributed by atoms with Crippen LogP contribution in [0, 0.1) is 0 Å². The molecule has 3 aromatic rings. The maximum absolute atomic E-state index is 11.8. The predicted octanol–water partition coefficient (Wildman–Crippen LogP) is 3.14. The van der Waals surface area contributed by atoms with Crippen LogP contribution in [0.25, 0.3) is 11.0 Å². The lowest BCUT2D eigenvalue weighted by Crippen LogP contribution is -2.05. The molecular formula is C18H15NO5. The molecule has 1 aliphatic heterocycles. The summed E-state index contributed by atoms with van der Waals surface area (Å²) in [7, 11) is 1.63. The van der Waals surface area contributed by atoms with Crippen LogP contribution in [-0.4, -0.2) is 13.9 Å². The molecule has 0 amide bonds. The second-order valence-corrected chi connectivity index (χ2v) is 5.37. The Bertz CT molecular complexity index is 946. The van der Waals surface area contributed by atoms with Gasteiger partial charge in [0.05, 0.1) is 7.11 Å². The van der Waals surface area contributed by atoms with Crippen molar-refractivity contribution in [3.63, 3.8) is 0 Å². The molecule has 24 heavy (non-hydrogen) atoms. The summed E-state index contributed by atoms with van der Waals surface area (Å²) < 4.78 is 21.1. The Balaban J connectivity index is 1.66. The van der Waals surface area contributed by atoms with Gasteiger partial charge in [0, 0.05) is 29.8 Å². The first-order valence-corrected chi connectivity index (χ1v) is 7.47. The van der Waals surface area contributed by atoms with Gasteiger partial charge in [0.2, 0.25) is 6.79 Å². The number of benzene rings is 2. The Labute approximate surface area is 137 Å². The molecule has 0 bridgehead atoms. The third-order valence-corrected chi connectivity index (χ3v) is 3.90. The SMILES string of the molecule is COc1ccc(NCc2cc(=O)oc3cc4c(cc23)OCO4)cc1. The molecule has 0 radical (unpaired) electrons. The zero-order chi connectivity index (χ0) is 16.5. The third kappa shape index (κ3) is 2.62. The van der Waals surface area contributed by atoms with E-state index in [0.717, 1.165) is 22.4 Å². The van der Waals surface area contributed by atoms with Crippen molar-refractivity contribution in [3.05, 3.63) is 58.4 Å². The number of anilines is 1. The van der Waals surface area contributed by atoms with Gasteiger partial charge in [-0.25, -0.2) is 4.79 Å². The molecule has 1 N–H and O–H groups in total. The lowest BCUT2D eigenvalue weighted by Gasteiger charge is -2.10. The monoisotopic (exact) mass is 325 g/mol. The van der Waals surface area contributed by atoms with E-state index in [1.54, 1.807) is 13.2 Å². The number of hydrogen-bond donors (Lipinski definition) is 1. The van der Waals surface area contributed by atoms with Gasteiger partial charge in [-0.1, -0.05) is 0 Å². The second kappa shape index (κ2) is 5.81. The maximum atomic E-state index is 11.8. The third-order valence-electron chi connectivity index (χ3n) is 3.90. The first kappa shape index (κ1) is 14.4. The van der Waals surface area contributed by atoms with Crippen molar-refractivity contribution >= 4 is 16.7 Å². The summed E-state index contributed by atoms with van der Waals surface area (Å²) in [4.78, 5) is 11.8. The van der Waals surface area contributed by atoms with E-state index in [1.807, 2.05) is 30.3 Å². The Morgan fingerprint density at radius 1 is 1.08 bits per heavy atom. The average Bonchev–Trinajstić information content (AvgIpc) is 3.05. The van der Waals surface area contributed by atoms with Crippen molar-refractivity contribution in [1.82, 2.24) is 0 Å². The smallest absolute Gasteiger partial charge is 0.336 e. The van der Waals surface area contributed by atoms with Gasteiger partial charge in [-0.2, -0.15) is 0 Å². The highest BCUT2D eigenvalue weighted by Crippen LogP contribution is 2.36. The second-order valence-electron chi connectivity index (χ2n) is 5.37. The van der Waals surface area contributed by atoms with E-state index >= 15 is 0 Å². The summed E-state index contributed by atoms with van der Waals surface area (Å²) in [5.41, 5.74) is 1.85. The summed E-state index contributed by atoms with van der Waals surface area (Å²) in [6.07, 6.45) is 0. The van der Waals surface area contributed by atoms with Crippen LogP contribution in [0.4, 0.5) is 5.69 Å². The highest BCUT2D eigenvalue weighted by atomic mass is 16.7. The zero-order valence-electron chi connectivity index (χ0n) is 13.0. The summed E-state index contributed by atoms with van der Waals surface area (Å²) >= 11 is 0. The molecule has 0 unspecified atom stereocenters. The van der Waals surface area contributed by atoms with Crippen molar-refractivity contribution in [2.45, 2.75) is 6.54 Å². The molecule has 0 fully saturated rings. The fourth-order valence-electron chi connectivity index (χ4n) is 2.67. The van der Waals surface area contributed by atoms with Crippen LogP contribution in [0.5, 0.6) is 17.2 Å². The molecule has 2 aromatic carbocycles. The van der Waals surface area contributed by atoms with Gasteiger partial charge in [-0.15, -0.1) is 0 Å². The molecule has 0 spiro atoms. The van der Waals surface area contributed by atoms with E-state index in [0.29, 0.717) is 23.6 Å². The molecule has 1 aromatic heterocycles.